The molecule has 25 heavy (non-hydrogen) atoms. The van der Waals surface area contributed by atoms with E-state index in [0.717, 1.165) is 28.6 Å². The second kappa shape index (κ2) is 6.76. The molecule has 2 heterocycles. The number of aromatic nitrogens is 4. The highest BCUT2D eigenvalue weighted by Crippen LogP contribution is 2.22. The van der Waals surface area contributed by atoms with E-state index in [4.69, 9.17) is 0 Å². The monoisotopic (exact) mass is 345 g/mol. The predicted molar refractivity (Wildman–Crippen MR) is 91.4 cm³/mol. The molecule has 5 nitrogen and oxygen atoms in total. The Kier molecular flexibility index (Phi) is 4.67. The highest BCUT2D eigenvalue weighted by molar-refractivity contribution is 5.37. The SMILES string of the molecule is Cc1c(CNC(C)c2cnn(-c3ccc(F)cc3F)c2C)cnn1C. The van der Waals surface area contributed by atoms with Crippen LogP contribution in [-0.4, -0.2) is 19.6 Å². The molecule has 0 fully saturated rings. The molecule has 0 bridgehead atoms. The zero-order chi connectivity index (χ0) is 18.1. The second-order valence-corrected chi connectivity index (χ2v) is 6.17. The average molecular weight is 345 g/mol. The van der Waals surface area contributed by atoms with E-state index in [1.165, 1.54) is 16.8 Å². The summed E-state index contributed by atoms with van der Waals surface area (Å²) in [4.78, 5) is 0. The molecule has 1 unspecified atom stereocenters. The first kappa shape index (κ1) is 17.3. The van der Waals surface area contributed by atoms with Crippen molar-refractivity contribution in [1.29, 1.82) is 0 Å². The van der Waals surface area contributed by atoms with Gasteiger partial charge in [0.05, 0.1) is 12.4 Å². The number of benzene rings is 1. The van der Waals surface area contributed by atoms with Gasteiger partial charge >= 0.3 is 0 Å². The fourth-order valence-electron chi connectivity index (χ4n) is 2.83. The summed E-state index contributed by atoms with van der Waals surface area (Å²) in [6, 6.07) is 3.51. The summed E-state index contributed by atoms with van der Waals surface area (Å²) in [5.41, 5.74) is 4.25. The molecule has 2 aromatic heterocycles. The van der Waals surface area contributed by atoms with Crippen LogP contribution in [0.4, 0.5) is 8.78 Å². The third kappa shape index (κ3) is 3.32. The largest absolute Gasteiger partial charge is 0.306 e. The zero-order valence-electron chi connectivity index (χ0n) is 14.7. The molecule has 7 heteroatoms. The highest BCUT2D eigenvalue weighted by atomic mass is 19.1. The van der Waals surface area contributed by atoms with Gasteiger partial charge in [-0.3, -0.25) is 4.68 Å². The van der Waals surface area contributed by atoms with E-state index in [-0.39, 0.29) is 11.7 Å². The zero-order valence-corrected chi connectivity index (χ0v) is 14.7. The summed E-state index contributed by atoms with van der Waals surface area (Å²) >= 11 is 0. The first-order chi connectivity index (χ1) is 11.9. The molecule has 0 aliphatic heterocycles. The number of hydrogen-bond donors (Lipinski definition) is 1. The van der Waals surface area contributed by atoms with E-state index < -0.39 is 11.6 Å². The third-order valence-electron chi connectivity index (χ3n) is 4.59. The smallest absolute Gasteiger partial charge is 0.151 e. The molecule has 0 amide bonds. The Labute approximate surface area is 145 Å². The topological polar surface area (TPSA) is 47.7 Å². The summed E-state index contributed by atoms with van der Waals surface area (Å²) in [6.07, 6.45) is 3.56. The molecule has 0 aliphatic rings. The van der Waals surface area contributed by atoms with Crippen molar-refractivity contribution in [3.05, 3.63) is 64.7 Å². The molecule has 0 spiro atoms. The van der Waals surface area contributed by atoms with Crippen molar-refractivity contribution in [2.24, 2.45) is 7.05 Å². The van der Waals surface area contributed by atoms with Crippen LogP contribution in [-0.2, 0) is 13.6 Å². The standard InChI is InChI=1S/C18H21F2N5/c1-11(21-8-14-9-22-24(4)12(14)2)16-10-23-25(13(16)3)18-6-5-15(19)7-17(18)20/h5-7,9-11,21H,8H2,1-4H3. The minimum atomic E-state index is -0.635. The lowest BCUT2D eigenvalue weighted by atomic mass is 10.1. The van der Waals surface area contributed by atoms with Gasteiger partial charge in [-0.2, -0.15) is 10.2 Å². The lowest BCUT2D eigenvalue weighted by molar-refractivity contribution is 0.565. The second-order valence-electron chi connectivity index (χ2n) is 6.17. The minimum Gasteiger partial charge on any atom is -0.306 e. The van der Waals surface area contributed by atoms with Crippen LogP contribution in [0.25, 0.3) is 5.69 Å². The molecule has 0 saturated heterocycles. The molecular weight excluding hydrogens is 324 g/mol. The number of nitrogens with one attached hydrogen (secondary N) is 1. The maximum Gasteiger partial charge on any atom is 0.151 e. The Balaban J connectivity index is 1.79. The van der Waals surface area contributed by atoms with Gasteiger partial charge in [0.15, 0.2) is 5.82 Å². The van der Waals surface area contributed by atoms with Crippen LogP contribution in [0.3, 0.4) is 0 Å². The van der Waals surface area contributed by atoms with E-state index in [1.54, 1.807) is 6.20 Å². The van der Waals surface area contributed by atoms with Gasteiger partial charge in [0.1, 0.15) is 11.5 Å². The van der Waals surface area contributed by atoms with Gasteiger partial charge in [-0.15, -0.1) is 0 Å². The third-order valence-corrected chi connectivity index (χ3v) is 4.59. The lowest BCUT2D eigenvalue weighted by Crippen LogP contribution is -2.19. The molecule has 1 atom stereocenters. The van der Waals surface area contributed by atoms with E-state index in [1.807, 2.05) is 38.7 Å². The Morgan fingerprint density at radius 1 is 1.12 bits per heavy atom. The van der Waals surface area contributed by atoms with Gasteiger partial charge in [0, 0.05) is 48.2 Å². The van der Waals surface area contributed by atoms with E-state index in [2.05, 4.69) is 15.5 Å². The van der Waals surface area contributed by atoms with Crippen molar-refractivity contribution >= 4 is 0 Å². The van der Waals surface area contributed by atoms with E-state index in [0.29, 0.717) is 6.54 Å². The summed E-state index contributed by atoms with van der Waals surface area (Å²) in [5.74, 6) is -1.24. The van der Waals surface area contributed by atoms with Gasteiger partial charge in [0.25, 0.3) is 0 Å². The molecule has 1 N–H and O–H groups in total. The van der Waals surface area contributed by atoms with E-state index in [9.17, 15) is 8.78 Å². The Bertz CT molecular complexity index is 897. The van der Waals surface area contributed by atoms with Crippen LogP contribution in [0.5, 0.6) is 0 Å². The van der Waals surface area contributed by atoms with Crippen molar-refractivity contribution in [2.75, 3.05) is 0 Å². The number of halogens is 2. The number of nitrogens with zero attached hydrogens (tertiary/aromatic N) is 4. The highest BCUT2D eigenvalue weighted by Gasteiger charge is 2.17. The molecular formula is C18H21F2N5. The molecule has 3 aromatic rings. The molecule has 0 radical (unpaired) electrons. The lowest BCUT2D eigenvalue weighted by Gasteiger charge is -2.14. The maximum atomic E-state index is 14.0. The quantitative estimate of drug-likeness (QED) is 0.771. The summed E-state index contributed by atoms with van der Waals surface area (Å²) in [5, 5.41) is 11.9. The van der Waals surface area contributed by atoms with Crippen molar-refractivity contribution in [2.45, 2.75) is 33.4 Å². The predicted octanol–water partition coefficient (Wildman–Crippen LogP) is 3.35. The first-order valence-corrected chi connectivity index (χ1v) is 8.09. The van der Waals surface area contributed by atoms with Gasteiger partial charge in [-0.1, -0.05) is 0 Å². The number of rotatable bonds is 5. The van der Waals surface area contributed by atoms with E-state index >= 15 is 0 Å². The van der Waals surface area contributed by atoms with Gasteiger partial charge in [-0.25, -0.2) is 13.5 Å². The van der Waals surface area contributed by atoms with Crippen molar-refractivity contribution < 1.29 is 8.78 Å². The number of hydrogen-bond acceptors (Lipinski definition) is 3. The van der Waals surface area contributed by atoms with Crippen LogP contribution < -0.4 is 5.32 Å². The Morgan fingerprint density at radius 2 is 1.88 bits per heavy atom. The van der Waals surface area contributed by atoms with Gasteiger partial charge in [0.2, 0.25) is 0 Å². The Morgan fingerprint density at radius 3 is 2.52 bits per heavy atom. The molecule has 132 valence electrons. The fraction of sp³-hybridized carbons (Fsp3) is 0.333. The molecule has 0 aliphatic carbocycles. The van der Waals surface area contributed by atoms with Crippen LogP contribution in [0.15, 0.2) is 30.6 Å². The fourth-order valence-corrected chi connectivity index (χ4v) is 2.83. The van der Waals surface area contributed by atoms with Crippen molar-refractivity contribution in [3.63, 3.8) is 0 Å². The van der Waals surface area contributed by atoms with Gasteiger partial charge < -0.3 is 5.32 Å². The van der Waals surface area contributed by atoms with Crippen LogP contribution in [0.1, 0.15) is 35.5 Å². The minimum absolute atomic E-state index is 0.0249. The average Bonchev–Trinajstić information content (AvgIpc) is 3.09. The van der Waals surface area contributed by atoms with Crippen molar-refractivity contribution in [3.8, 4) is 5.69 Å². The molecule has 0 saturated carbocycles. The van der Waals surface area contributed by atoms with Gasteiger partial charge in [-0.05, 0) is 32.9 Å². The summed E-state index contributed by atoms with van der Waals surface area (Å²) in [6.45, 7) is 6.60. The van der Waals surface area contributed by atoms with Crippen LogP contribution in [0.2, 0.25) is 0 Å². The number of aryl methyl sites for hydroxylation is 1. The van der Waals surface area contributed by atoms with Crippen molar-refractivity contribution in [1.82, 2.24) is 24.9 Å². The Hall–Kier alpha value is -2.54. The normalized spacial score (nSPS) is 12.6. The summed E-state index contributed by atoms with van der Waals surface area (Å²) in [7, 11) is 1.91. The first-order valence-electron chi connectivity index (χ1n) is 8.09. The maximum absolute atomic E-state index is 14.0. The molecule has 3 rings (SSSR count). The molecule has 1 aromatic carbocycles. The van der Waals surface area contributed by atoms with Crippen LogP contribution >= 0.6 is 0 Å². The summed E-state index contributed by atoms with van der Waals surface area (Å²) < 4.78 is 30.5. The van der Waals surface area contributed by atoms with Crippen LogP contribution in [0, 0.1) is 25.5 Å².